The number of hydrogen-bond donors (Lipinski definition) is 3. The van der Waals surface area contributed by atoms with Crippen molar-refractivity contribution in [3.8, 4) is 11.6 Å². The SMILES string of the molecule is NC1(COc2cc(F)c3c(c2F)CC(CNCCC2CN(c4cnc5c(n4)NC(=O)CO5)CO2)C3)CC1. The molecule has 2 aliphatic heterocycles. The van der Waals surface area contributed by atoms with E-state index < -0.39 is 17.2 Å². The summed E-state index contributed by atoms with van der Waals surface area (Å²) in [5.41, 5.74) is 6.49. The van der Waals surface area contributed by atoms with Gasteiger partial charge in [0.1, 0.15) is 19.2 Å². The monoisotopic (exact) mass is 516 g/mol. The van der Waals surface area contributed by atoms with E-state index in [4.69, 9.17) is 19.9 Å². The average molecular weight is 517 g/mol. The van der Waals surface area contributed by atoms with Gasteiger partial charge in [-0.3, -0.25) is 4.79 Å². The number of aromatic nitrogens is 2. The number of fused-ring (bicyclic) bond motifs is 2. The minimum absolute atomic E-state index is 0.00357. The second-order valence-electron chi connectivity index (χ2n) is 10.4. The molecule has 2 fully saturated rings. The fourth-order valence-electron chi connectivity index (χ4n) is 5.01. The molecule has 2 aromatic rings. The first kappa shape index (κ1) is 24.3. The van der Waals surface area contributed by atoms with Gasteiger partial charge in [-0.25, -0.2) is 18.7 Å². The molecular weight excluding hydrogens is 486 g/mol. The number of hydrogen-bond acceptors (Lipinski definition) is 9. The maximum absolute atomic E-state index is 15.0. The summed E-state index contributed by atoms with van der Waals surface area (Å²) in [6.45, 7) is 2.52. The van der Waals surface area contributed by atoms with Crippen molar-refractivity contribution >= 4 is 17.5 Å². The van der Waals surface area contributed by atoms with Gasteiger partial charge in [-0.05, 0) is 62.2 Å². The summed E-state index contributed by atoms with van der Waals surface area (Å²) in [6.07, 6.45) is 5.04. The van der Waals surface area contributed by atoms with E-state index in [9.17, 15) is 13.6 Å². The predicted molar refractivity (Wildman–Crippen MR) is 130 cm³/mol. The summed E-state index contributed by atoms with van der Waals surface area (Å²) in [5.74, 6) is 0.174. The maximum atomic E-state index is 15.0. The number of anilines is 2. The van der Waals surface area contributed by atoms with Crippen molar-refractivity contribution in [2.45, 2.75) is 43.7 Å². The van der Waals surface area contributed by atoms with E-state index >= 15 is 0 Å². The summed E-state index contributed by atoms with van der Waals surface area (Å²) in [7, 11) is 0. The molecule has 6 rings (SSSR count). The van der Waals surface area contributed by atoms with Crippen LogP contribution in [0.5, 0.6) is 11.6 Å². The molecule has 1 aromatic heterocycles. The fourth-order valence-corrected chi connectivity index (χ4v) is 5.01. The minimum atomic E-state index is -0.459. The zero-order chi connectivity index (χ0) is 25.6. The molecule has 0 bridgehead atoms. The van der Waals surface area contributed by atoms with E-state index in [1.165, 1.54) is 0 Å². The highest BCUT2D eigenvalue weighted by Crippen LogP contribution is 2.37. The first-order valence-corrected chi connectivity index (χ1v) is 12.7. The van der Waals surface area contributed by atoms with Crippen molar-refractivity contribution in [2.24, 2.45) is 11.7 Å². The molecule has 37 heavy (non-hydrogen) atoms. The smallest absolute Gasteiger partial charge is 0.263 e. The number of nitrogens with zero attached hydrogens (tertiary/aromatic N) is 3. The number of carbonyl (C=O) groups excluding carboxylic acids is 1. The fraction of sp³-hybridized carbons (Fsp3) is 0.560. The Morgan fingerprint density at radius 3 is 2.97 bits per heavy atom. The molecule has 1 aromatic carbocycles. The Morgan fingerprint density at radius 2 is 2.14 bits per heavy atom. The van der Waals surface area contributed by atoms with Gasteiger partial charge in [0.2, 0.25) is 0 Å². The van der Waals surface area contributed by atoms with Crippen LogP contribution in [0.25, 0.3) is 0 Å². The third-order valence-corrected chi connectivity index (χ3v) is 7.40. The number of ether oxygens (including phenoxy) is 3. The molecule has 1 saturated carbocycles. The van der Waals surface area contributed by atoms with Gasteiger partial charge in [0.25, 0.3) is 11.8 Å². The van der Waals surface area contributed by atoms with Crippen molar-refractivity contribution in [2.75, 3.05) is 49.8 Å². The van der Waals surface area contributed by atoms with Crippen LogP contribution < -0.4 is 30.7 Å². The summed E-state index contributed by atoms with van der Waals surface area (Å²) in [4.78, 5) is 22.1. The lowest BCUT2D eigenvalue weighted by molar-refractivity contribution is -0.118. The van der Waals surface area contributed by atoms with E-state index in [2.05, 4.69) is 20.6 Å². The number of benzene rings is 1. The minimum Gasteiger partial charge on any atom is -0.488 e. The average Bonchev–Trinajstić information content (AvgIpc) is 3.27. The quantitative estimate of drug-likeness (QED) is 0.426. The Hall–Kier alpha value is -3.09. The Balaban J connectivity index is 0.959. The number of amides is 1. The Kier molecular flexibility index (Phi) is 6.33. The molecule has 198 valence electrons. The number of nitrogens with two attached hydrogens (primary N) is 1. The van der Waals surface area contributed by atoms with Gasteiger partial charge in [-0.1, -0.05) is 0 Å². The van der Waals surface area contributed by atoms with Crippen molar-refractivity contribution in [1.29, 1.82) is 0 Å². The number of carbonyl (C=O) groups is 1. The molecular formula is C25H30F2N6O4. The Labute approximate surface area is 212 Å². The highest BCUT2D eigenvalue weighted by molar-refractivity contribution is 5.93. The van der Waals surface area contributed by atoms with Crippen LogP contribution in [0.4, 0.5) is 20.4 Å². The standard InChI is InChI=1S/C25H30F2N6O4/c26-18-7-19(36-12-25(28)2-3-25)22(27)17-6-14(5-16(17)18)8-29-4-1-15-10-33(13-37-15)20-9-30-24-23(31-20)32-21(34)11-35-24/h7,9,14-15,29H,1-6,8,10-13,28H2,(H,31,32,34). The molecule has 3 heterocycles. The van der Waals surface area contributed by atoms with Gasteiger partial charge in [0, 0.05) is 12.6 Å². The molecule has 1 saturated heterocycles. The van der Waals surface area contributed by atoms with Crippen LogP contribution in [0.1, 0.15) is 30.4 Å². The second-order valence-corrected chi connectivity index (χ2v) is 10.4. The van der Waals surface area contributed by atoms with E-state index in [1.54, 1.807) is 6.20 Å². The van der Waals surface area contributed by atoms with Gasteiger partial charge < -0.3 is 35.5 Å². The summed E-state index contributed by atoms with van der Waals surface area (Å²) in [5, 5.41) is 6.07. The third-order valence-electron chi connectivity index (χ3n) is 7.40. The molecule has 12 heteroatoms. The molecule has 4 N–H and O–H groups in total. The Morgan fingerprint density at radius 1 is 1.30 bits per heavy atom. The van der Waals surface area contributed by atoms with E-state index in [0.29, 0.717) is 67.8 Å². The molecule has 2 unspecified atom stereocenters. The molecule has 0 spiro atoms. The third kappa shape index (κ3) is 5.18. The molecule has 4 aliphatic rings. The maximum Gasteiger partial charge on any atom is 0.263 e. The Bertz CT molecular complexity index is 1210. The van der Waals surface area contributed by atoms with Crippen LogP contribution >= 0.6 is 0 Å². The van der Waals surface area contributed by atoms with Crippen LogP contribution in [0, 0.1) is 17.6 Å². The lowest BCUT2D eigenvalue weighted by atomic mass is 10.1. The molecule has 0 radical (unpaired) electrons. The lowest BCUT2D eigenvalue weighted by Gasteiger charge is -2.19. The van der Waals surface area contributed by atoms with Crippen LogP contribution in [0.3, 0.4) is 0 Å². The van der Waals surface area contributed by atoms with Crippen molar-refractivity contribution in [3.63, 3.8) is 0 Å². The molecule has 2 atom stereocenters. The summed E-state index contributed by atoms with van der Waals surface area (Å²) >= 11 is 0. The van der Waals surface area contributed by atoms with Gasteiger partial charge in [-0.15, -0.1) is 0 Å². The van der Waals surface area contributed by atoms with E-state index in [-0.39, 0.29) is 36.9 Å². The highest BCUT2D eigenvalue weighted by atomic mass is 19.1. The lowest BCUT2D eigenvalue weighted by Crippen LogP contribution is -2.30. The van der Waals surface area contributed by atoms with E-state index in [0.717, 1.165) is 25.3 Å². The van der Waals surface area contributed by atoms with Crippen molar-refractivity contribution < 1.29 is 27.8 Å². The van der Waals surface area contributed by atoms with Gasteiger partial charge in [-0.2, -0.15) is 0 Å². The van der Waals surface area contributed by atoms with E-state index in [1.807, 2.05) is 4.90 Å². The molecule has 1 amide bonds. The number of halogens is 2. The first-order chi connectivity index (χ1) is 17.9. The highest BCUT2D eigenvalue weighted by Gasteiger charge is 2.40. The normalized spacial score (nSPS) is 23.3. The van der Waals surface area contributed by atoms with Crippen LogP contribution in [0.2, 0.25) is 0 Å². The molecule has 2 aliphatic carbocycles. The topological polar surface area (TPSA) is 124 Å². The van der Waals surface area contributed by atoms with Crippen LogP contribution in [-0.4, -0.2) is 67.1 Å². The van der Waals surface area contributed by atoms with Crippen LogP contribution in [0.15, 0.2) is 12.3 Å². The van der Waals surface area contributed by atoms with Gasteiger partial charge in [0.15, 0.2) is 29.8 Å². The molecule has 10 nitrogen and oxygen atoms in total. The van der Waals surface area contributed by atoms with Gasteiger partial charge in [0.05, 0.1) is 17.8 Å². The second kappa shape index (κ2) is 9.66. The summed E-state index contributed by atoms with van der Waals surface area (Å²) < 4.78 is 46.3. The van der Waals surface area contributed by atoms with Crippen molar-refractivity contribution in [3.05, 3.63) is 35.0 Å². The number of nitrogens with one attached hydrogen (secondary N) is 2. The van der Waals surface area contributed by atoms with Crippen molar-refractivity contribution in [1.82, 2.24) is 15.3 Å². The largest absolute Gasteiger partial charge is 0.488 e. The number of rotatable bonds is 9. The van der Waals surface area contributed by atoms with Crippen LogP contribution in [-0.2, 0) is 22.4 Å². The zero-order valence-electron chi connectivity index (χ0n) is 20.4. The predicted octanol–water partition coefficient (Wildman–Crippen LogP) is 1.51. The summed E-state index contributed by atoms with van der Waals surface area (Å²) in [6, 6.07) is 1.16. The zero-order valence-corrected chi connectivity index (χ0v) is 20.4. The first-order valence-electron chi connectivity index (χ1n) is 12.7. The van der Waals surface area contributed by atoms with Gasteiger partial charge >= 0.3 is 0 Å².